The molecular weight excluding hydrogens is 939 g/mol. The number of hydrogen-bond donors (Lipinski definition) is 3. The number of aryl methyl sites for hydroxylation is 2. The first kappa shape index (κ1) is 53.2. The molecule has 9 rings (SSSR count). The molecule has 14 heteroatoms. The largest absolute Gasteiger partial charge is 0.343 e. The van der Waals surface area contributed by atoms with Crippen molar-refractivity contribution in [3.8, 4) is 11.3 Å². The average molecular weight is 1010 g/mol. The summed E-state index contributed by atoms with van der Waals surface area (Å²) in [6, 6.07) is 19.1. The highest BCUT2D eigenvalue weighted by atomic mass is 32.1. The van der Waals surface area contributed by atoms with Crippen LogP contribution in [-0.4, -0.2) is 94.4 Å². The van der Waals surface area contributed by atoms with E-state index in [0.29, 0.717) is 30.1 Å². The summed E-state index contributed by atoms with van der Waals surface area (Å²) >= 11 is 3.11. The van der Waals surface area contributed by atoms with Crippen LogP contribution in [-0.2, 0) is 19.2 Å². The van der Waals surface area contributed by atoms with E-state index in [4.69, 9.17) is 4.98 Å². The predicted molar refractivity (Wildman–Crippen MR) is 289 cm³/mol. The second-order valence-corrected chi connectivity index (χ2v) is 22.6. The Morgan fingerprint density at radius 3 is 1.92 bits per heavy atom. The molecule has 12 nitrogen and oxygen atoms in total. The molecule has 4 aliphatic rings. The van der Waals surface area contributed by atoms with Crippen molar-refractivity contribution in [1.82, 2.24) is 35.7 Å². The van der Waals surface area contributed by atoms with Crippen molar-refractivity contribution < 1.29 is 24.0 Å². The quantitative estimate of drug-likeness (QED) is 0.0820. The van der Waals surface area contributed by atoms with Gasteiger partial charge in [-0.1, -0.05) is 98.7 Å². The van der Waals surface area contributed by atoms with Gasteiger partial charge in [0.15, 0.2) is 0 Å². The lowest BCUT2D eigenvalue weighted by molar-refractivity contribution is -0.141. The summed E-state index contributed by atoms with van der Waals surface area (Å²) in [5.41, 5.74) is 5.47. The number of likely N-dealkylation sites (N-methyl/N-ethyl adjacent to an activating group) is 2. The van der Waals surface area contributed by atoms with Crippen molar-refractivity contribution in [1.29, 1.82) is 0 Å². The Morgan fingerprint density at radius 2 is 1.26 bits per heavy atom. The third kappa shape index (κ3) is 12.3. The van der Waals surface area contributed by atoms with Crippen molar-refractivity contribution in [3.63, 3.8) is 0 Å². The Balaban J connectivity index is 0.000000193. The highest BCUT2D eigenvalue weighted by Gasteiger charge is 2.42. The second kappa shape index (κ2) is 24.7. The zero-order valence-corrected chi connectivity index (χ0v) is 44.8. The van der Waals surface area contributed by atoms with Gasteiger partial charge in [0, 0.05) is 47.3 Å². The van der Waals surface area contributed by atoms with Crippen LogP contribution in [0.3, 0.4) is 0 Å². The molecule has 0 radical (unpaired) electrons. The Morgan fingerprint density at radius 1 is 0.653 bits per heavy atom. The lowest BCUT2D eigenvalue weighted by Gasteiger charge is -2.35. The molecule has 3 N–H and O–H groups in total. The first-order valence-corrected chi connectivity index (χ1v) is 28.4. The van der Waals surface area contributed by atoms with Gasteiger partial charge in [0.25, 0.3) is 0 Å². The normalized spacial score (nSPS) is 20.4. The monoisotopic (exact) mass is 1010 g/mol. The van der Waals surface area contributed by atoms with E-state index in [9.17, 15) is 24.0 Å². The number of likely N-dealkylation sites (tertiary alicyclic amines) is 2. The van der Waals surface area contributed by atoms with Gasteiger partial charge in [0.05, 0.1) is 29.9 Å². The number of Topliss-reactive ketones (excluding diaryl/α,β-unsaturated/α-hetero) is 1. The van der Waals surface area contributed by atoms with E-state index in [1.165, 1.54) is 40.5 Å². The first-order chi connectivity index (χ1) is 34.9. The fourth-order valence-corrected chi connectivity index (χ4v) is 13.4. The molecule has 0 bridgehead atoms. The van der Waals surface area contributed by atoms with Gasteiger partial charge in [-0.2, -0.15) is 0 Å². The minimum absolute atomic E-state index is 0.00544. The van der Waals surface area contributed by atoms with Crippen molar-refractivity contribution in [2.75, 3.05) is 27.2 Å². The van der Waals surface area contributed by atoms with Gasteiger partial charge in [-0.3, -0.25) is 24.0 Å². The Labute approximate surface area is 434 Å². The molecule has 4 fully saturated rings. The molecule has 384 valence electrons. The van der Waals surface area contributed by atoms with Crippen LogP contribution in [0.5, 0.6) is 0 Å². The van der Waals surface area contributed by atoms with Crippen LogP contribution in [0.2, 0.25) is 0 Å². The standard InChI is InChI=1S/C31H39N3O2S.C27H36N4O3S/c1-20-15-16-25(24-13-8-7-12-23(20)24)27-19-37-30(33-27)28-14-9-17-34(28)31(36)26(18-29(35)21(2)32-3)22-10-5-4-6-11-22;1-17-9-7-12-20(15-17)24(32)21-16-35-26(29-21)22-13-8-14-31(22)27(34)23(19-10-5-4-6-11-19)30-25(33)18(2)28-3/h7-8,12-13,15-16,19,21-22,26,28,32H,4-6,9-11,14,17-18H2,1-3H3;7,9,12,15-16,18-19,22-23,28H,4-6,8,10-11,13-14H2,1-3H3,(H,30,33)/t21-,26-,28-;18-,22-,23-/m00/s1. The number of amides is 3. The van der Waals surface area contributed by atoms with Crippen LogP contribution >= 0.6 is 22.7 Å². The fourth-order valence-electron chi connectivity index (χ4n) is 11.5. The van der Waals surface area contributed by atoms with E-state index in [1.54, 1.807) is 30.7 Å². The van der Waals surface area contributed by atoms with Crippen LogP contribution in [0.15, 0.2) is 71.4 Å². The van der Waals surface area contributed by atoms with Crippen molar-refractivity contribution in [3.05, 3.63) is 104 Å². The van der Waals surface area contributed by atoms with Gasteiger partial charge >= 0.3 is 0 Å². The van der Waals surface area contributed by atoms with E-state index in [0.717, 1.165) is 110 Å². The van der Waals surface area contributed by atoms with Gasteiger partial charge in [0.1, 0.15) is 27.5 Å². The number of aromatic nitrogens is 2. The number of fused-ring (bicyclic) bond motifs is 1. The summed E-state index contributed by atoms with van der Waals surface area (Å²) in [5.74, 6) is 0.297. The van der Waals surface area contributed by atoms with E-state index in [-0.39, 0.29) is 65.3 Å². The maximum atomic E-state index is 14.1. The molecule has 72 heavy (non-hydrogen) atoms. The molecule has 0 spiro atoms. The Hall–Kier alpha value is -5.15. The minimum atomic E-state index is -0.521. The molecule has 2 aliphatic carbocycles. The number of ketones is 2. The summed E-state index contributed by atoms with van der Waals surface area (Å²) in [6.45, 7) is 9.21. The molecule has 5 aromatic rings. The van der Waals surface area contributed by atoms with Crippen LogP contribution in [0.4, 0.5) is 0 Å². The second-order valence-electron chi connectivity index (χ2n) is 20.8. The summed E-state index contributed by atoms with van der Waals surface area (Å²) in [6.07, 6.45) is 14.9. The van der Waals surface area contributed by atoms with Gasteiger partial charge in [-0.05, 0) is 127 Å². The number of carbonyl (C=O) groups excluding carboxylic acids is 5. The average Bonchev–Trinajstić information content (AvgIpc) is 4.27. The van der Waals surface area contributed by atoms with Crippen LogP contribution in [0, 0.1) is 31.6 Å². The molecule has 2 aromatic heterocycles. The van der Waals surface area contributed by atoms with Crippen molar-refractivity contribution in [2.24, 2.45) is 17.8 Å². The number of carbonyl (C=O) groups is 5. The maximum Gasteiger partial charge on any atom is 0.246 e. The molecule has 0 unspecified atom stereocenters. The molecule has 2 aliphatic heterocycles. The van der Waals surface area contributed by atoms with E-state index < -0.39 is 6.04 Å². The Bertz CT molecular complexity index is 2690. The number of rotatable bonds is 16. The summed E-state index contributed by atoms with van der Waals surface area (Å²) in [5, 5.41) is 17.3. The highest BCUT2D eigenvalue weighted by Crippen LogP contribution is 2.42. The Kier molecular flexibility index (Phi) is 18.2. The number of hydrogen-bond acceptors (Lipinski definition) is 11. The topological polar surface area (TPSA) is 154 Å². The van der Waals surface area contributed by atoms with E-state index in [1.807, 2.05) is 50.1 Å². The third-order valence-corrected chi connectivity index (χ3v) is 17.9. The van der Waals surface area contributed by atoms with Crippen LogP contribution < -0.4 is 16.0 Å². The fraction of sp³-hybridized carbons (Fsp3) is 0.534. The van der Waals surface area contributed by atoms with Crippen molar-refractivity contribution >= 4 is 62.7 Å². The zero-order valence-electron chi connectivity index (χ0n) is 43.2. The number of thiazole rings is 2. The highest BCUT2D eigenvalue weighted by molar-refractivity contribution is 7.10. The smallest absolute Gasteiger partial charge is 0.246 e. The predicted octanol–water partition coefficient (Wildman–Crippen LogP) is 10.7. The molecule has 4 heterocycles. The molecule has 3 aromatic carbocycles. The summed E-state index contributed by atoms with van der Waals surface area (Å²) < 4.78 is 0. The SMILES string of the molecule is CN[C@@H](C)C(=O)C[C@H](C(=O)N1CCC[C@H]1c1nc(-c2ccc(C)c3ccccc23)cs1)C1CCCCC1.CN[C@@H](C)C(=O)N[C@H](C(=O)N1CCC[C@H]1c1nc(C(=O)c2cccc(C)c2)cs1)C1CCCCC1. The van der Waals surface area contributed by atoms with Gasteiger partial charge in [-0.25, -0.2) is 9.97 Å². The van der Waals surface area contributed by atoms with Crippen molar-refractivity contribution in [2.45, 2.75) is 154 Å². The number of nitrogens with zero attached hydrogens (tertiary/aromatic N) is 4. The summed E-state index contributed by atoms with van der Waals surface area (Å²) in [4.78, 5) is 80.4. The molecule has 2 saturated carbocycles. The van der Waals surface area contributed by atoms with Crippen LogP contribution in [0.1, 0.15) is 159 Å². The lowest BCUT2D eigenvalue weighted by atomic mass is 9.76. The van der Waals surface area contributed by atoms with Gasteiger partial charge in [-0.15, -0.1) is 22.7 Å². The van der Waals surface area contributed by atoms with Crippen LogP contribution in [0.25, 0.3) is 22.0 Å². The summed E-state index contributed by atoms with van der Waals surface area (Å²) in [7, 11) is 3.56. The lowest BCUT2D eigenvalue weighted by Crippen LogP contribution is -2.55. The van der Waals surface area contributed by atoms with Gasteiger partial charge < -0.3 is 25.8 Å². The maximum absolute atomic E-state index is 14.1. The molecule has 3 amide bonds. The third-order valence-electron chi connectivity index (χ3n) is 16.0. The number of benzene rings is 3. The van der Waals surface area contributed by atoms with E-state index in [2.05, 4.69) is 74.5 Å². The molecule has 6 atom stereocenters. The number of nitrogens with one attached hydrogen (secondary N) is 3. The molecular formula is C58H75N7O5S2. The zero-order chi connectivity index (χ0) is 50.9. The van der Waals surface area contributed by atoms with Gasteiger partial charge in [0.2, 0.25) is 23.5 Å². The minimum Gasteiger partial charge on any atom is -0.343 e. The van der Waals surface area contributed by atoms with E-state index >= 15 is 0 Å². The first-order valence-electron chi connectivity index (χ1n) is 26.7. The molecule has 2 saturated heterocycles.